The van der Waals surface area contributed by atoms with E-state index in [0.717, 1.165) is 10.5 Å². The second kappa shape index (κ2) is 6.27. The fourth-order valence-corrected chi connectivity index (χ4v) is 1.64. The van der Waals surface area contributed by atoms with Crippen LogP contribution in [0.15, 0.2) is 23.1 Å². The standard InChI is InChI=1S/C11H14N2O3S/c1-7-3-4-8(17-2)5-9(7)11(15)13-16-6-10(12)14/h3-5H,6H2,1-2H3,(H2,12,14)(H,13,15). The van der Waals surface area contributed by atoms with Crippen LogP contribution in [0.25, 0.3) is 0 Å². The lowest BCUT2D eigenvalue weighted by Gasteiger charge is -2.08. The molecule has 0 saturated heterocycles. The molecule has 0 bridgehead atoms. The maximum absolute atomic E-state index is 11.7. The maximum atomic E-state index is 11.7. The fourth-order valence-electron chi connectivity index (χ4n) is 1.20. The first-order valence-electron chi connectivity index (χ1n) is 4.89. The van der Waals surface area contributed by atoms with Gasteiger partial charge in [0.15, 0.2) is 6.61 Å². The number of nitrogens with two attached hydrogens (primary N) is 1. The van der Waals surface area contributed by atoms with Gasteiger partial charge in [-0.25, -0.2) is 5.48 Å². The summed E-state index contributed by atoms with van der Waals surface area (Å²) < 4.78 is 0. The smallest absolute Gasteiger partial charge is 0.275 e. The van der Waals surface area contributed by atoms with Crippen molar-refractivity contribution in [2.45, 2.75) is 11.8 Å². The highest BCUT2D eigenvalue weighted by Gasteiger charge is 2.10. The van der Waals surface area contributed by atoms with E-state index >= 15 is 0 Å². The largest absolute Gasteiger partial charge is 0.368 e. The molecule has 0 aliphatic carbocycles. The highest BCUT2D eigenvalue weighted by molar-refractivity contribution is 7.98. The van der Waals surface area contributed by atoms with Crippen LogP contribution in [0, 0.1) is 6.92 Å². The molecule has 0 heterocycles. The summed E-state index contributed by atoms with van der Waals surface area (Å²) in [6.07, 6.45) is 1.93. The molecule has 0 saturated carbocycles. The lowest BCUT2D eigenvalue weighted by atomic mass is 10.1. The minimum absolute atomic E-state index is 0.340. The zero-order valence-corrected chi connectivity index (χ0v) is 10.5. The normalized spacial score (nSPS) is 10.0. The summed E-state index contributed by atoms with van der Waals surface area (Å²) in [4.78, 5) is 27.8. The molecular formula is C11H14N2O3S. The molecular weight excluding hydrogens is 240 g/mol. The molecule has 0 spiro atoms. The van der Waals surface area contributed by atoms with E-state index in [-0.39, 0.29) is 12.5 Å². The summed E-state index contributed by atoms with van der Waals surface area (Å²) in [5.74, 6) is -1.03. The van der Waals surface area contributed by atoms with Crippen molar-refractivity contribution in [3.63, 3.8) is 0 Å². The molecule has 0 radical (unpaired) electrons. The maximum Gasteiger partial charge on any atom is 0.275 e. The Morgan fingerprint density at radius 1 is 1.47 bits per heavy atom. The Labute approximate surface area is 104 Å². The quantitative estimate of drug-likeness (QED) is 0.603. The van der Waals surface area contributed by atoms with Crippen LogP contribution < -0.4 is 11.2 Å². The van der Waals surface area contributed by atoms with Crippen molar-refractivity contribution in [1.82, 2.24) is 5.48 Å². The average molecular weight is 254 g/mol. The van der Waals surface area contributed by atoms with Crippen LogP contribution in [0.4, 0.5) is 0 Å². The number of rotatable bonds is 5. The Kier molecular flexibility index (Phi) is 4.99. The topological polar surface area (TPSA) is 81.4 Å². The summed E-state index contributed by atoms with van der Waals surface area (Å²) in [5, 5.41) is 0. The minimum Gasteiger partial charge on any atom is -0.368 e. The lowest BCUT2D eigenvalue weighted by molar-refractivity contribution is -0.124. The summed E-state index contributed by atoms with van der Waals surface area (Å²) in [5.41, 5.74) is 8.40. The van der Waals surface area contributed by atoms with Gasteiger partial charge in [-0.3, -0.25) is 14.4 Å². The van der Waals surface area contributed by atoms with Crippen LogP contribution in [0.2, 0.25) is 0 Å². The van der Waals surface area contributed by atoms with Crippen LogP contribution in [0.1, 0.15) is 15.9 Å². The lowest BCUT2D eigenvalue weighted by Crippen LogP contribution is -2.29. The summed E-state index contributed by atoms with van der Waals surface area (Å²) in [6, 6.07) is 5.55. The molecule has 2 amide bonds. The first-order valence-corrected chi connectivity index (χ1v) is 6.12. The molecule has 0 aliphatic heterocycles. The Bertz CT molecular complexity index is 435. The van der Waals surface area contributed by atoms with Crippen LogP contribution in [-0.4, -0.2) is 24.7 Å². The van der Waals surface area contributed by atoms with E-state index in [1.165, 1.54) is 0 Å². The van der Waals surface area contributed by atoms with Crippen LogP contribution in [-0.2, 0) is 9.63 Å². The highest BCUT2D eigenvalue weighted by atomic mass is 32.2. The SMILES string of the molecule is CSc1ccc(C)c(C(=O)NOCC(N)=O)c1. The van der Waals surface area contributed by atoms with Gasteiger partial charge in [0.25, 0.3) is 5.91 Å². The number of hydrogen-bond donors (Lipinski definition) is 2. The van der Waals surface area contributed by atoms with E-state index in [1.54, 1.807) is 17.8 Å². The number of amides is 2. The Morgan fingerprint density at radius 2 is 2.18 bits per heavy atom. The predicted molar refractivity (Wildman–Crippen MR) is 65.6 cm³/mol. The van der Waals surface area contributed by atoms with E-state index in [1.807, 2.05) is 25.3 Å². The molecule has 0 fully saturated rings. The van der Waals surface area contributed by atoms with Gasteiger partial charge in [-0.1, -0.05) is 6.07 Å². The molecule has 1 aromatic carbocycles. The van der Waals surface area contributed by atoms with Gasteiger partial charge in [-0.15, -0.1) is 11.8 Å². The van der Waals surface area contributed by atoms with Gasteiger partial charge in [-0.2, -0.15) is 0 Å². The van der Waals surface area contributed by atoms with Gasteiger partial charge in [0.2, 0.25) is 5.91 Å². The predicted octanol–water partition coefficient (Wildman–Crippen LogP) is 0.864. The number of aryl methyl sites for hydroxylation is 1. The highest BCUT2D eigenvalue weighted by Crippen LogP contribution is 2.18. The molecule has 1 aromatic rings. The third kappa shape index (κ3) is 4.08. The van der Waals surface area contributed by atoms with Crippen molar-refractivity contribution in [2.24, 2.45) is 5.73 Å². The molecule has 6 heteroatoms. The van der Waals surface area contributed by atoms with Gasteiger partial charge in [0.05, 0.1) is 0 Å². The third-order valence-corrected chi connectivity index (χ3v) is 2.79. The molecule has 17 heavy (non-hydrogen) atoms. The number of thioether (sulfide) groups is 1. The van der Waals surface area contributed by atoms with E-state index in [2.05, 4.69) is 10.3 Å². The number of carbonyl (C=O) groups excluding carboxylic acids is 2. The third-order valence-electron chi connectivity index (χ3n) is 2.07. The van der Waals surface area contributed by atoms with Crippen molar-refractivity contribution in [3.8, 4) is 0 Å². The summed E-state index contributed by atoms with van der Waals surface area (Å²) in [7, 11) is 0. The van der Waals surface area contributed by atoms with Crippen LogP contribution in [0.3, 0.4) is 0 Å². The van der Waals surface area contributed by atoms with Gasteiger partial charge in [-0.05, 0) is 30.9 Å². The van der Waals surface area contributed by atoms with Crippen molar-refractivity contribution >= 4 is 23.6 Å². The number of primary amides is 1. The number of hydrogen-bond acceptors (Lipinski definition) is 4. The van der Waals surface area contributed by atoms with Gasteiger partial charge in [0, 0.05) is 10.5 Å². The van der Waals surface area contributed by atoms with Crippen molar-refractivity contribution < 1.29 is 14.4 Å². The molecule has 0 unspecified atom stereocenters. The molecule has 1 rings (SSSR count). The minimum atomic E-state index is -0.639. The van der Waals surface area contributed by atoms with Crippen molar-refractivity contribution in [3.05, 3.63) is 29.3 Å². The number of nitrogens with one attached hydrogen (secondary N) is 1. The summed E-state index contributed by atoms with van der Waals surface area (Å²) in [6.45, 7) is 1.49. The molecule has 0 aromatic heterocycles. The van der Waals surface area contributed by atoms with Gasteiger partial charge < -0.3 is 5.73 Å². The van der Waals surface area contributed by atoms with Crippen molar-refractivity contribution in [1.29, 1.82) is 0 Å². The van der Waals surface area contributed by atoms with Gasteiger partial charge >= 0.3 is 0 Å². The molecule has 92 valence electrons. The first-order chi connectivity index (χ1) is 8.04. The first kappa shape index (κ1) is 13.5. The molecule has 5 nitrogen and oxygen atoms in total. The number of benzene rings is 1. The Balaban J connectivity index is 2.70. The van der Waals surface area contributed by atoms with E-state index in [9.17, 15) is 9.59 Å². The second-order valence-corrected chi connectivity index (χ2v) is 4.25. The molecule has 0 aliphatic rings. The fraction of sp³-hybridized carbons (Fsp3) is 0.273. The zero-order chi connectivity index (χ0) is 12.8. The Morgan fingerprint density at radius 3 is 2.76 bits per heavy atom. The van der Waals surface area contributed by atoms with Crippen LogP contribution in [0.5, 0.6) is 0 Å². The number of hydroxylamine groups is 1. The average Bonchev–Trinajstić information content (AvgIpc) is 2.29. The molecule has 3 N–H and O–H groups in total. The van der Waals surface area contributed by atoms with Crippen LogP contribution >= 0.6 is 11.8 Å². The zero-order valence-electron chi connectivity index (χ0n) is 9.65. The van der Waals surface area contributed by atoms with Gasteiger partial charge in [0.1, 0.15) is 0 Å². The monoisotopic (exact) mass is 254 g/mol. The molecule has 0 atom stereocenters. The van der Waals surface area contributed by atoms with E-state index in [4.69, 9.17) is 5.73 Å². The Hall–Kier alpha value is -1.53. The van der Waals surface area contributed by atoms with Crippen molar-refractivity contribution in [2.75, 3.05) is 12.9 Å². The van der Waals surface area contributed by atoms with E-state index < -0.39 is 5.91 Å². The van der Waals surface area contributed by atoms with E-state index in [0.29, 0.717) is 5.56 Å². The summed E-state index contributed by atoms with van der Waals surface area (Å²) >= 11 is 1.54. The second-order valence-electron chi connectivity index (χ2n) is 3.37. The number of carbonyl (C=O) groups is 2.